The number of benzene rings is 1. The van der Waals surface area contributed by atoms with E-state index in [1.54, 1.807) is 0 Å². The first-order valence-corrected chi connectivity index (χ1v) is 9.67. The van der Waals surface area contributed by atoms with Crippen molar-refractivity contribution in [1.82, 2.24) is 14.5 Å². The fraction of sp³-hybridized carbons (Fsp3) is 0.364. The summed E-state index contributed by atoms with van der Waals surface area (Å²) >= 11 is 0. The van der Waals surface area contributed by atoms with E-state index in [1.807, 2.05) is 36.3 Å². The van der Waals surface area contributed by atoms with Gasteiger partial charge in [0.05, 0.1) is 5.92 Å². The van der Waals surface area contributed by atoms with Crippen molar-refractivity contribution in [1.29, 1.82) is 0 Å². The van der Waals surface area contributed by atoms with E-state index in [0.29, 0.717) is 0 Å². The number of likely N-dealkylation sites (N-methyl/N-ethyl adjacent to an activating group) is 1. The van der Waals surface area contributed by atoms with Gasteiger partial charge in [-0.15, -0.1) is 0 Å². The van der Waals surface area contributed by atoms with Gasteiger partial charge < -0.3 is 14.4 Å². The Hall–Kier alpha value is -2.82. The summed E-state index contributed by atoms with van der Waals surface area (Å²) in [6.07, 6.45) is 5.91. The molecule has 5 heteroatoms. The molecular weight excluding hydrogens is 336 g/mol. The van der Waals surface area contributed by atoms with Crippen LogP contribution < -0.4 is 4.90 Å². The van der Waals surface area contributed by atoms with E-state index in [0.717, 1.165) is 44.8 Å². The van der Waals surface area contributed by atoms with Gasteiger partial charge >= 0.3 is 0 Å². The Morgan fingerprint density at radius 1 is 1.19 bits per heavy atom. The second-order valence-electron chi connectivity index (χ2n) is 7.30. The molecule has 3 aromatic rings. The summed E-state index contributed by atoms with van der Waals surface area (Å²) in [5.41, 5.74) is 1.22. The van der Waals surface area contributed by atoms with Gasteiger partial charge in [-0.2, -0.15) is 0 Å². The van der Waals surface area contributed by atoms with E-state index in [4.69, 9.17) is 0 Å². The second-order valence-corrected chi connectivity index (χ2v) is 7.30. The Balaban J connectivity index is 1.37. The lowest BCUT2D eigenvalue weighted by atomic mass is 9.96. The number of carbonyl (C=O) groups excluding carboxylic acids is 1. The summed E-state index contributed by atoms with van der Waals surface area (Å²) in [4.78, 5) is 21.5. The standard InChI is InChI=1S/C22H26N4O/c1-24(15-16-25-14-11-18-7-2-3-9-20(18)25)22(27)19-8-6-13-26(17-19)21-10-4-5-12-23-21/h2-5,7,9-12,14,19H,6,8,13,15-17H2,1H3/t19-/m0/s1. The lowest BCUT2D eigenvalue weighted by Gasteiger charge is -2.34. The van der Waals surface area contributed by atoms with Crippen LogP contribution in [0.3, 0.4) is 0 Å². The fourth-order valence-electron chi connectivity index (χ4n) is 3.94. The highest BCUT2D eigenvalue weighted by molar-refractivity contribution is 5.80. The lowest BCUT2D eigenvalue weighted by molar-refractivity contribution is -0.134. The number of nitrogens with zero attached hydrogens (tertiary/aromatic N) is 4. The van der Waals surface area contributed by atoms with E-state index in [9.17, 15) is 4.79 Å². The number of fused-ring (bicyclic) bond motifs is 1. The van der Waals surface area contributed by atoms with E-state index in [-0.39, 0.29) is 11.8 Å². The van der Waals surface area contributed by atoms with Gasteiger partial charge in [0, 0.05) is 51.1 Å². The molecule has 3 heterocycles. The maximum Gasteiger partial charge on any atom is 0.227 e. The molecule has 27 heavy (non-hydrogen) atoms. The molecule has 1 saturated heterocycles. The van der Waals surface area contributed by atoms with Crippen molar-refractivity contribution in [3.05, 3.63) is 60.9 Å². The smallest absolute Gasteiger partial charge is 0.227 e. The molecule has 1 fully saturated rings. The summed E-state index contributed by atoms with van der Waals surface area (Å²) in [7, 11) is 1.92. The highest BCUT2D eigenvalue weighted by Crippen LogP contribution is 2.23. The highest BCUT2D eigenvalue weighted by atomic mass is 16.2. The van der Waals surface area contributed by atoms with Crippen LogP contribution in [0.4, 0.5) is 5.82 Å². The minimum Gasteiger partial charge on any atom is -0.356 e. The number of hydrogen-bond donors (Lipinski definition) is 0. The number of piperidine rings is 1. The summed E-state index contributed by atoms with van der Waals surface area (Å²) in [5, 5.41) is 1.24. The SMILES string of the molecule is CN(CCn1ccc2ccccc21)C(=O)[C@H]1CCCN(c2ccccn2)C1. The molecule has 4 rings (SSSR count). The monoisotopic (exact) mass is 362 g/mol. The maximum absolute atomic E-state index is 13.0. The number of anilines is 1. The summed E-state index contributed by atoms with van der Waals surface area (Å²) in [6, 6.07) is 16.4. The van der Waals surface area contributed by atoms with Gasteiger partial charge in [0.15, 0.2) is 0 Å². The summed E-state index contributed by atoms with van der Waals surface area (Å²) < 4.78 is 2.22. The summed E-state index contributed by atoms with van der Waals surface area (Å²) in [5.74, 6) is 1.26. The highest BCUT2D eigenvalue weighted by Gasteiger charge is 2.28. The molecule has 0 radical (unpaired) electrons. The molecule has 0 unspecified atom stereocenters. The van der Waals surface area contributed by atoms with Gasteiger partial charge in [0.25, 0.3) is 0 Å². The average Bonchev–Trinajstić information content (AvgIpc) is 3.15. The van der Waals surface area contributed by atoms with Crippen LogP contribution in [-0.4, -0.2) is 47.0 Å². The Kier molecular flexibility index (Phi) is 5.10. The zero-order valence-corrected chi connectivity index (χ0v) is 15.8. The number of pyridine rings is 1. The Morgan fingerprint density at radius 3 is 2.89 bits per heavy atom. The molecular formula is C22H26N4O. The number of aromatic nitrogens is 2. The topological polar surface area (TPSA) is 41.4 Å². The number of rotatable bonds is 5. The van der Waals surface area contributed by atoms with Gasteiger partial charge in [0.2, 0.25) is 5.91 Å². The summed E-state index contributed by atoms with van der Waals surface area (Å²) in [6.45, 7) is 3.26. The van der Waals surface area contributed by atoms with Crippen molar-refractivity contribution in [3.8, 4) is 0 Å². The number of hydrogen-bond acceptors (Lipinski definition) is 3. The van der Waals surface area contributed by atoms with Crippen molar-refractivity contribution < 1.29 is 4.79 Å². The molecule has 0 bridgehead atoms. The third kappa shape index (κ3) is 3.82. The normalized spacial score (nSPS) is 17.2. The first-order chi connectivity index (χ1) is 13.2. The van der Waals surface area contributed by atoms with Gasteiger partial charge in [-0.25, -0.2) is 4.98 Å². The van der Waals surface area contributed by atoms with Crippen molar-refractivity contribution in [2.75, 3.05) is 31.6 Å². The van der Waals surface area contributed by atoms with E-state index in [1.165, 1.54) is 10.9 Å². The van der Waals surface area contributed by atoms with Crippen LogP contribution in [0.1, 0.15) is 12.8 Å². The van der Waals surface area contributed by atoms with Crippen LogP contribution in [0, 0.1) is 5.92 Å². The van der Waals surface area contributed by atoms with Gasteiger partial charge in [-0.3, -0.25) is 4.79 Å². The van der Waals surface area contributed by atoms with Crippen molar-refractivity contribution in [2.45, 2.75) is 19.4 Å². The van der Waals surface area contributed by atoms with Crippen molar-refractivity contribution in [2.24, 2.45) is 5.92 Å². The third-order valence-electron chi connectivity index (χ3n) is 5.48. The van der Waals surface area contributed by atoms with Crippen LogP contribution >= 0.6 is 0 Å². The predicted octanol–water partition coefficient (Wildman–Crippen LogP) is 3.41. The third-order valence-corrected chi connectivity index (χ3v) is 5.48. The molecule has 5 nitrogen and oxygen atoms in total. The number of amides is 1. The maximum atomic E-state index is 13.0. The molecule has 140 valence electrons. The molecule has 1 atom stereocenters. The van der Waals surface area contributed by atoms with Crippen LogP contribution in [-0.2, 0) is 11.3 Å². The zero-order chi connectivity index (χ0) is 18.6. The van der Waals surface area contributed by atoms with Crippen molar-refractivity contribution in [3.63, 3.8) is 0 Å². The molecule has 0 spiro atoms. The Morgan fingerprint density at radius 2 is 2.04 bits per heavy atom. The Bertz CT molecular complexity index is 905. The quantitative estimate of drug-likeness (QED) is 0.698. The van der Waals surface area contributed by atoms with Crippen molar-refractivity contribution >= 4 is 22.6 Å². The van der Waals surface area contributed by atoms with Crippen LogP contribution in [0.25, 0.3) is 10.9 Å². The van der Waals surface area contributed by atoms with Gasteiger partial charge in [-0.05, 0) is 42.5 Å². The van der Waals surface area contributed by atoms with Crippen LogP contribution in [0.5, 0.6) is 0 Å². The molecule has 0 N–H and O–H groups in total. The van der Waals surface area contributed by atoms with Gasteiger partial charge in [-0.1, -0.05) is 24.3 Å². The zero-order valence-electron chi connectivity index (χ0n) is 15.8. The molecule has 0 saturated carbocycles. The molecule has 1 aliphatic heterocycles. The number of carbonyl (C=O) groups is 1. The fourth-order valence-corrected chi connectivity index (χ4v) is 3.94. The van der Waals surface area contributed by atoms with E-state index < -0.39 is 0 Å². The molecule has 0 aliphatic carbocycles. The minimum absolute atomic E-state index is 0.0483. The van der Waals surface area contributed by atoms with E-state index in [2.05, 4.69) is 51.0 Å². The van der Waals surface area contributed by atoms with Crippen LogP contribution in [0.2, 0.25) is 0 Å². The Labute approximate surface area is 160 Å². The predicted molar refractivity (Wildman–Crippen MR) is 109 cm³/mol. The number of para-hydroxylation sites is 1. The first kappa shape index (κ1) is 17.6. The van der Waals surface area contributed by atoms with Crippen LogP contribution in [0.15, 0.2) is 60.9 Å². The van der Waals surface area contributed by atoms with Gasteiger partial charge in [0.1, 0.15) is 5.82 Å². The first-order valence-electron chi connectivity index (χ1n) is 9.67. The second kappa shape index (κ2) is 7.82. The molecule has 1 amide bonds. The largest absolute Gasteiger partial charge is 0.356 e. The lowest BCUT2D eigenvalue weighted by Crippen LogP contribution is -2.44. The average molecular weight is 362 g/mol. The molecule has 1 aliphatic rings. The molecule has 2 aromatic heterocycles. The van der Waals surface area contributed by atoms with E-state index >= 15 is 0 Å². The molecule has 1 aromatic carbocycles. The minimum atomic E-state index is 0.0483.